The van der Waals surface area contributed by atoms with Crippen LogP contribution in [0.4, 0.5) is 15.8 Å². The minimum atomic E-state index is -0.433. The Kier molecular flexibility index (Phi) is 4.17. The molecule has 1 aliphatic heterocycles. The Morgan fingerprint density at radius 2 is 2.10 bits per heavy atom. The number of thiophene rings is 1. The van der Waals surface area contributed by atoms with Gasteiger partial charge in [-0.2, -0.15) is 0 Å². The van der Waals surface area contributed by atoms with Crippen molar-refractivity contribution in [3.8, 4) is 0 Å². The van der Waals surface area contributed by atoms with Crippen molar-refractivity contribution < 1.29 is 13.9 Å². The van der Waals surface area contributed by atoms with Crippen molar-refractivity contribution in [1.29, 1.82) is 0 Å². The zero-order valence-corrected chi connectivity index (χ0v) is 12.2. The number of ether oxygens (including phenoxy) is 1. The van der Waals surface area contributed by atoms with Crippen molar-refractivity contribution in [2.75, 3.05) is 36.5 Å². The highest BCUT2D eigenvalue weighted by atomic mass is 32.1. The van der Waals surface area contributed by atoms with Crippen molar-refractivity contribution in [2.45, 2.75) is 0 Å². The van der Waals surface area contributed by atoms with Gasteiger partial charge in [0.15, 0.2) is 0 Å². The van der Waals surface area contributed by atoms with Crippen molar-refractivity contribution in [1.82, 2.24) is 0 Å². The summed E-state index contributed by atoms with van der Waals surface area (Å²) in [6.07, 6.45) is 0. The van der Waals surface area contributed by atoms with E-state index in [4.69, 9.17) is 4.74 Å². The van der Waals surface area contributed by atoms with E-state index in [0.29, 0.717) is 18.1 Å². The van der Waals surface area contributed by atoms with Gasteiger partial charge in [0, 0.05) is 18.8 Å². The molecule has 4 nitrogen and oxygen atoms in total. The van der Waals surface area contributed by atoms with E-state index in [2.05, 4.69) is 10.2 Å². The number of hydrogen-bond donors (Lipinski definition) is 1. The highest BCUT2D eigenvalue weighted by molar-refractivity contribution is 7.12. The summed E-state index contributed by atoms with van der Waals surface area (Å²) in [4.78, 5) is 14.7. The standard InChI is InChI=1S/C15H15FN2O2S/c16-12-4-3-11(18-5-7-20-8-6-18)10-13(12)17-15(19)14-2-1-9-21-14/h1-4,9-10H,5-8H2,(H,17,19). The Morgan fingerprint density at radius 1 is 1.29 bits per heavy atom. The van der Waals surface area contributed by atoms with E-state index >= 15 is 0 Å². The Morgan fingerprint density at radius 3 is 2.81 bits per heavy atom. The second kappa shape index (κ2) is 6.24. The summed E-state index contributed by atoms with van der Waals surface area (Å²) in [6.45, 7) is 2.86. The van der Waals surface area contributed by atoms with Crippen LogP contribution in [-0.4, -0.2) is 32.2 Å². The van der Waals surface area contributed by atoms with Crippen molar-refractivity contribution in [2.24, 2.45) is 0 Å². The topological polar surface area (TPSA) is 41.6 Å². The van der Waals surface area contributed by atoms with Gasteiger partial charge < -0.3 is 15.0 Å². The van der Waals surface area contributed by atoms with E-state index in [9.17, 15) is 9.18 Å². The molecule has 0 unspecified atom stereocenters. The van der Waals surface area contributed by atoms with Crippen molar-refractivity contribution >= 4 is 28.6 Å². The predicted molar refractivity (Wildman–Crippen MR) is 81.7 cm³/mol. The lowest BCUT2D eigenvalue weighted by Gasteiger charge is -2.29. The summed E-state index contributed by atoms with van der Waals surface area (Å²) in [5.74, 6) is -0.722. The Bertz CT molecular complexity index is 625. The normalized spacial score (nSPS) is 15.0. The van der Waals surface area contributed by atoms with Gasteiger partial charge in [0.2, 0.25) is 0 Å². The van der Waals surface area contributed by atoms with Crippen LogP contribution in [0.3, 0.4) is 0 Å². The highest BCUT2D eigenvalue weighted by Crippen LogP contribution is 2.24. The fraction of sp³-hybridized carbons (Fsp3) is 0.267. The summed E-state index contributed by atoms with van der Waals surface area (Å²) < 4.78 is 19.2. The zero-order valence-electron chi connectivity index (χ0n) is 11.3. The first-order chi connectivity index (χ1) is 10.2. The molecule has 1 saturated heterocycles. The van der Waals surface area contributed by atoms with Crippen LogP contribution < -0.4 is 10.2 Å². The third kappa shape index (κ3) is 3.22. The van der Waals surface area contributed by atoms with Crippen LogP contribution in [0.1, 0.15) is 9.67 Å². The zero-order chi connectivity index (χ0) is 14.7. The molecule has 0 aliphatic carbocycles. The minimum absolute atomic E-state index is 0.206. The molecule has 1 N–H and O–H groups in total. The van der Waals surface area contributed by atoms with E-state index in [-0.39, 0.29) is 11.6 Å². The van der Waals surface area contributed by atoms with Crippen LogP contribution in [0.15, 0.2) is 35.7 Å². The van der Waals surface area contributed by atoms with Gasteiger partial charge in [-0.05, 0) is 29.6 Å². The fourth-order valence-corrected chi connectivity index (χ4v) is 2.84. The lowest BCUT2D eigenvalue weighted by atomic mass is 10.2. The van der Waals surface area contributed by atoms with Crippen LogP contribution in [-0.2, 0) is 4.74 Å². The number of carbonyl (C=O) groups excluding carboxylic acids is 1. The van der Waals surface area contributed by atoms with Gasteiger partial charge in [-0.3, -0.25) is 4.79 Å². The maximum Gasteiger partial charge on any atom is 0.265 e. The van der Waals surface area contributed by atoms with Crippen LogP contribution in [0.2, 0.25) is 0 Å². The molecule has 1 aromatic carbocycles. The highest BCUT2D eigenvalue weighted by Gasteiger charge is 2.15. The molecule has 6 heteroatoms. The first-order valence-corrected chi connectivity index (χ1v) is 7.59. The maximum absolute atomic E-state index is 13.9. The molecule has 0 saturated carbocycles. The van der Waals surface area contributed by atoms with Gasteiger partial charge in [0.1, 0.15) is 5.82 Å². The number of anilines is 2. The average Bonchev–Trinajstić information content (AvgIpc) is 3.05. The van der Waals surface area contributed by atoms with Crippen LogP contribution in [0, 0.1) is 5.82 Å². The number of rotatable bonds is 3. The number of carbonyl (C=O) groups is 1. The largest absolute Gasteiger partial charge is 0.378 e. The number of morpholine rings is 1. The molecule has 2 aromatic rings. The molecule has 21 heavy (non-hydrogen) atoms. The lowest BCUT2D eigenvalue weighted by molar-refractivity contribution is 0.103. The molecule has 3 rings (SSSR count). The van der Waals surface area contributed by atoms with Crippen LogP contribution in [0.5, 0.6) is 0 Å². The minimum Gasteiger partial charge on any atom is -0.378 e. The maximum atomic E-state index is 13.9. The van der Waals surface area contributed by atoms with E-state index in [1.165, 1.54) is 17.4 Å². The number of nitrogens with zero attached hydrogens (tertiary/aromatic N) is 1. The summed E-state index contributed by atoms with van der Waals surface area (Å²) >= 11 is 1.33. The number of halogens is 1. The SMILES string of the molecule is O=C(Nc1cc(N2CCOCC2)ccc1F)c1cccs1. The van der Waals surface area contributed by atoms with Gasteiger partial charge >= 0.3 is 0 Å². The third-order valence-electron chi connectivity index (χ3n) is 3.32. The smallest absolute Gasteiger partial charge is 0.265 e. The van der Waals surface area contributed by atoms with Crippen molar-refractivity contribution in [3.63, 3.8) is 0 Å². The molecule has 1 aliphatic rings. The van der Waals surface area contributed by atoms with Crippen molar-refractivity contribution in [3.05, 3.63) is 46.4 Å². The molecule has 1 fully saturated rings. The van der Waals surface area contributed by atoms with E-state index in [1.807, 2.05) is 5.38 Å². The number of benzene rings is 1. The van der Waals surface area contributed by atoms with Gasteiger partial charge in [-0.15, -0.1) is 11.3 Å². The summed E-state index contributed by atoms with van der Waals surface area (Å²) in [5.41, 5.74) is 1.10. The average molecular weight is 306 g/mol. The number of amides is 1. The van der Waals surface area contributed by atoms with Gasteiger partial charge in [-0.1, -0.05) is 6.07 Å². The molecule has 110 valence electrons. The summed E-state index contributed by atoms with van der Waals surface area (Å²) in [5, 5.41) is 4.45. The van der Waals surface area contributed by atoms with Gasteiger partial charge in [0.25, 0.3) is 5.91 Å². The number of nitrogens with one attached hydrogen (secondary N) is 1. The predicted octanol–water partition coefficient (Wildman–Crippen LogP) is 2.98. The lowest BCUT2D eigenvalue weighted by Crippen LogP contribution is -2.36. The molecule has 1 aromatic heterocycles. The molecule has 2 heterocycles. The number of hydrogen-bond acceptors (Lipinski definition) is 4. The van der Waals surface area contributed by atoms with Crippen LogP contribution in [0.25, 0.3) is 0 Å². The first-order valence-electron chi connectivity index (χ1n) is 6.71. The quantitative estimate of drug-likeness (QED) is 0.948. The Hall–Kier alpha value is -1.92. The second-order valence-corrected chi connectivity index (χ2v) is 5.64. The molecule has 1 amide bonds. The molecular weight excluding hydrogens is 291 g/mol. The summed E-state index contributed by atoms with van der Waals surface area (Å²) in [6, 6.07) is 8.28. The second-order valence-electron chi connectivity index (χ2n) is 4.69. The Labute approximate surface area is 126 Å². The molecule has 0 atom stereocenters. The van der Waals surface area contributed by atoms with E-state index < -0.39 is 5.82 Å². The fourth-order valence-electron chi connectivity index (χ4n) is 2.22. The van der Waals surface area contributed by atoms with E-state index in [1.54, 1.807) is 24.3 Å². The van der Waals surface area contributed by atoms with Gasteiger partial charge in [0.05, 0.1) is 23.8 Å². The molecule has 0 spiro atoms. The van der Waals surface area contributed by atoms with Gasteiger partial charge in [-0.25, -0.2) is 4.39 Å². The monoisotopic (exact) mass is 306 g/mol. The van der Waals surface area contributed by atoms with E-state index in [0.717, 1.165) is 18.8 Å². The molecule has 0 radical (unpaired) electrons. The molecular formula is C15H15FN2O2S. The Balaban J connectivity index is 1.79. The summed E-state index contributed by atoms with van der Waals surface area (Å²) in [7, 11) is 0. The third-order valence-corrected chi connectivity index (χ3v) is 4.19. The molecule has 0 bridgehead atoms. The first kappa shape index (κ1) is 14.0. The van der Waals surface area contributed by atoms with Crippen LogP contribution >= 0.6 is 11.3 Å².